The predicted octanol–water partition coefficient (Wildman–Crippen LogP) is 0.754. The van der Waals surface area contributed by atoms with E-state index in [1.807, 2.05) is 0 Å². The first kappa shape index (κ1) is 16.9. The third-order valence-electron chi connectivity index (χ3n) is 4.14. The van der Waals surface area contributed by atoms with Crippen molar-refractivity contribution in [1.29, 1.82) is 5.26 Å². The number of pyridine rings is 1. The number of anilines is 2. The lowest BCUT2D eigenvalue weighted by Gasteiger charge is -2.34. The Kier molecular flexibility index (Phi) is 5.26. The van der Waals surface area contributed by atoms with Crippen LogP contribution in [0.5, 0.6) is 0 Å². The summed E-state index contributed by atoms with van der Waals surface area (Å²) in [6.07, 6.45) is 4.18. The van der Waals surface area contributed by atoms with Gasteiger partial charge in [0.2, 0.25) is 0 Å². The average molecular weight is 340 g/mol. The zero-order chi connectivity index (χ0) is 17.6. The molecule has 1 saturated heterocycles. The van der Waals surface area contributed by atoms with Gasteiger partial charge in [0.15, 0.2) is 0 Å². The first-order chi connectivity index (χ1) is 12.2. The molecule has 1 aliphatic rings. The van der Waals surface area contributed by atoms with Crippen molar-refractivity contribution in [3.8, 4) is 6.07 Å². The number of nitrogens with zero attached hydrogens (tertiary/aromatic N) is 5. The van der Waals surface area contributed by atoms with E-state index in [-0.39, 0.29) is 11.7 Å². The molecule has 0 saturated carbocycles. The van der Waals surface area contributed by atoms with Crippen molar-refractivity contribution in [3.63, 3.8) is 0 Å². The van der Waals surface area contributed by atoms with Gasteiger partial charge in [0.1, 0.15) is 11.9 Å². The molecule has 0 amide bonds. The Labute approximate surface area is 145 Å². The van der Waals surface area contributed by atoms with Crippen LogP contribution in [0.25, 0.3) is 0 Å². The van der Waals surface area contributed by atoms with Gasteiger partial charge in [0, 0.05) is 38.9 Å². The molecule has 25 heavy (non-hydrogen) atoms. The van der Waals surface area contributed by atoms with Gasteiger partial charge in [-0.3, -0.25) is 4.79 Å². The van der Waals surface area contributed by atoms with Crippen molar-refractivity contribution in [2.24, 2.45) is 7.05 Å². The second-order valence-corrected chi connectivity index (χ2v) is 5.84. The van der Waals surface area contributed by atoms with Crippen LogP contribution in [-0.4, -0.2) is 47.1 Å². The third-order valence-corrected chi connectivity index (χ3v) is 4.14. The van der Waals surface area contributed by atoms with E-state index in [1.165, 1.54) is 4.68 Å². The van der Waals surface area contributed by atoms with E-state index in [1.54, 1.807) is 37.6 Å². The van der Waals surface area contributed by atoms with Crippen molar-refractivity contribution in [2.75, 3.05) is 36.5 Å². The fraction of sp³-hybridized carbons (Fsp3) is 0.412. The molecule has 1 aliphatic heterocycles. The Morgan fingerprint density at radius 3 is 3.20 bits per heavy atom. The number of aryl methyl sites for hydroxylation is 1. The fourth-order valence-corrected chi connectivity index (χ4v) is 2.75. The maximum absolute atomic E-state index is 11.8. The quantitative estimate of drug-likeness (QED) is 0.858. The van der Waals surface area contributed by atoms with Gasteiger partial charge in [-0.15, -0.1) is 0 Å². The molecule has 130 valence electrons. The summed E-state index contributed by atoms with van der Waals surface area (Å²) in [5.74, 6) is 0.591. The minimum atomic E-state index is -0.124. The summed E-state index contributed by atoms with van der Waals surface area (Å²) < 4.78 is 7.12. The molecular formula is C17H20N6O2. The van der Waals surface area contributed by atoms with E-state index in [9.17, 15) is 4.79 Å². The summed E-state index contributed by atoms with van der Waals surface area (Å²) in [5.41, 5.74) is 1.22. The summed E-state index contributed by atoms with van der Waals surface area (Å²) >= 11 is 0. The van der Waals surface area contributed by atoms with E-state index in [2.05, 4.69) is 26.4 Å². The highest BCUT2D eigenvalue weighted by atomic mass is 16.5. The van der Waals surface area contributed by atoms with Crippen LogP contribution in [0, 0.1) is 11.3 Å². The number of ether oxygens (including phenoxy) is 1. The van der Waals surface area contributed by atoms with Crippen LogP contribution >= 0.6 is 0 Å². The molecular weight excluding hydrogens is 320 g/mol. The highest BCUT2D eigenvalue weighted by molar-refractivity contribution is 5.51. The van der Waals surface area contributed by atoms with Gasteiger partial charge in [0.05, 0.1) is 30.2 Å². The number of aromatic nitrogens is 3. The summed E-state index contributed by atoms with van der Waals surface area (Å²) in [7, 11) is 1.63. The first-order valence-electron chi connectivity index (χ1n) is 8.16. The monoisotopic (exact) mass is 340 g/mol. The average Bonchev–Trinajstić information content (AvgIpc) is 2.64. The summed E-state index contributed by atoms with van der Waals surface area (Å²) in [6.45, 7) is 2.69. The van der Waals surface area contributed by atoms with Gasteiger partial charge in [-0.1, -0.05) is 0 Å². The lowest BCUT2D eigenvalue weighted by atomic mass is 10.2. The largest absolute Gasteiger partial charge is 0.374 e. The van der Waals surface area contributed by atoms with Crippen molar-refractivity contribution in [2.45, 2.75) is 12.5 Å². The minimum Gasteiger partial charge on any atom is -0.374 e. The van der Waals surface area contributed by atoms with Crippen LogP contribution in [0.1, 0.15) is 12.0 Å². The summed E-state index contributed by atoms with van der Waals surface area (Å²) in [5, 5.41) is 16.3. The molecule has 8 nitrogen and oxygen atoms in total. The smallest absolute Gasteiger partial charge is 0.268 e. The van der Waals surface area contributed by atoms with Gasteiger partial charge in [0.25, 0.3) is 5.56 Å². The molecule has 3 heterocycles. The van der Waals surface area contributed by atoms with Crippen LogP contribution < -0.4 is 15.8 Å². The van der Waals surface area contributed by atoms with Gasteiger partial charge in [-0.2, -0.15) is 10.4 Å². The van der Waals surface area contributed by atoms with Gasteiger partial charge < -0.3 is 15.0 Å². The van der Waals surface area contributed by atoms with Crippen molar-refractivity contribution in [1.82, 2.24) is 14.8 Å². The van der Waals surface area contributed by atoms with E-state index in [0.29, 0.717) is 31.1 Å². The Hall–Kier alpha value is -2.92. The first-order valence-corrected chi connectivity index (χ1v) is 8.16. The molecule has 0 aromatic carbocycles. The predicted molar refractivity (Wildman–Crippen MR) is 93.5 cm³/mol. The van der Waals surface area contributed by atoms with Gasteiger partial charge in [-0.05, 0) is 18.6 Å². The summed E-state index contributed by atoms with van der Waals surface area (Å²) in [4.78, 5) is 18.1. The molecule has 1 N–H and O–H groups in total. The van der Waals surface area contributed by atoms with Crippen LogP contribution in [-0.2, 0) is 11.8 Å². The maximum atomic E-state index is 11.8. The van der Waals surface area contributed by atoms with Crippen LogP contribution in [0.2, 0.25) is 0 Å². The zero-order valence-corrected chi connectivity index (χ0v) is 14.1. The number of morpholine rings is 1. The SMILES string of the molecule is Cn1ncc(N2CCO[C@H](CCNc3ncccc3C#N)C2)cc1=O. The second-order valence-electron chi connectivity index (χ2n) is 5.84. The number of nitrogens with one attached hydrogen (secondary N) is 1. The Bertz CT molecular complexity index is 828. The number of rotatable bonds is 5. The van der Waals surface area contributed by atoms with Crippen molar-refractivity contribution in [3.05, 3.63) is 46.5 Å². The van der Waals surface area contributed by atoms with E-state index in [0.717, 1.165) is 18.7 Å². The fourth-order valence-electron chi connectivity index (χ4n) is 2.75. The summed E-state index contributed by atoms with van der Waals surface area (Å²) in [6, 6.07) is 7.19. The normalized spacial score (nSPS) is 17.1. The molecule has 0 unspecified atom stereocenters. The standard InChI is InChI=1S/C17H20N6O2/c1-22-16(24)9-14(11-21-22)23-7-8-25-15(12-23)4-6-20-17-13(10-18)3-2-5-19-17/h2-3,5,9,11,15H,4,6-8,12H2,1H3,(H,19,20)/t15-/m1/s1. The highest BCUT2D eigenvalue weighted by Crippen LogP contribution is 2.17. The second kappa shape index (κ2) is 7.77. The van der Waals surface area contributed by atoms with E-state index >= 15 is 0 Å². The molecule has 3 rings (SSSR count). The zero-order valence-electron chi connectivity index (χ0n) is 14.1. The molecule has 0 spiro atoms. The van der Waals surface area contributed by atoms with Crippen molar-refractivity contribution >= 4 is 11.5 Å². The minimum absolute atomic E-state index is 0.0413. The molecule has 0 bridgehead atoms. The van der Waals surface area contributed by atoms with Crippen LogP contribution in [0.15, 0.2) is 35.4 Å². The van der Waals surface area contributed by atoms with Crippen LogP contribution in [0.3, 0.4) is 0 Å². The molecule has 2 aromatic rings. The van der Waals surface area contributed by atoms with E-state index < -0.39 is 0 Å². The lowest BCUT2D eigenvalue weighted by Crippen LogP contribution is -2.43. The maximum Gasteiger partial charge on any atom is 0.268 e. The van der Waals surface area contributed by atoms with Gasteiger partial charge in [-0.25, -0.2) is 9.67 Å². The molecule has 0 aliphatic carbocycles. The Morgan fingerprint density at radius 2 is 2.40 bits per heavy atom. The number of hydrogen-bond donors (Lipinski definition) is 1. The highest BCUT2D eigenvalue weighted by Gasteiger charge is 2.21. The molecule has 8 heteroatoms. The Morgan fingerprint density at radius 1 is 1.52 bits per heavy atom. The molecule has 2 aromatic heterocycles. The molecule has 1 fully saturated rings. The topological polar surface area (TPSA) is 96.1 Å². The van der Waals surface area contributed by atoms with Gasteiger partial charge >= 0.3 is 0 Å². The van der Waals surface area contributed by atoms with E-state index in [4.69, 9.17) is 10.00 Å². The lowest BCUT2D eigenvalue weighted by molar-refractivity contribution is 0.0374. The van der Waals surface area contributed by atoms with Crippen LogP contribution in [0.4, 0.5) is 11.5 Å². The number of hydrogen-bond acceptors (Lipinski definition) is 7. The molecule has 1 atom stereocenters. The molecule has 0 radical (unpaired) electrons. The third kappa shape index (κ3) is 4.14. The number of nitriles is 1. The van der Waals surface area contributed by atoms with Crippen molar-refractivity contribution < 1.29 is 4.74 Å². The Balaban J connectivity index is 1.56.